The molecule has 0 spiro atoms. The molecular weight excluding hydrogens is 226 g/mol. The zero-order valence-electron chi connectivity index (χ0n) is 10.2. The molecule has 94 valence electrons. The minimum absolute atomic E-state index is 0.0653. The molecule has 3 N–H and O–H groups in total. The van der Waals surface area contributed by atoms with Gasteiger partial charge in [0.2, 0.25) is 0 Å². The Balaban J connectivity index is 1.81. The lowest BCUT2D eigenvalue weighted by molar-refractivity contribution is 0.311. The summed E-state index contributed by atoms with van der Waals surface area (Å²) < 4.78 is 5.55. The van der Waals surface area contributed by atoms with Crippen molar-refractivity contribution < 1.29 is 9.84 Å². The molecule has 0 radical (unpaired) electrons. The second kappa shape index (κ2) is 5.96. The summed E-state index contributed by atoms with van der Waals surface area (Å²) in [4.78, 5) is 0. The molecule has 3 heteroatoms. The molecule has 0 unspecified atom stereocenters. The highest BCUT2D eigenvalue weighted by Gasteiger charge is 2.04. The van der Waals surface area contributed by atoms with Gasteiger partial charge in [-0.25, -0.2) is 0 Å². The van der Waals surface area contributed by atoms with Crippen molar-refractivity contribution >= 4 is 5.69 Å². The van der Waals surface area contributed by atoms with Gasteiger partial charge in [-0.15, -0.1) is 0 Å². The van der Waals surface area contributed by atoms with Crippen LogP contribution in [0.3, 0.4) is 0 Å². The fourth-order valence-corrected chi connectivity index (χ4v) is 1.76. The first-order valence-electron chi connectivity index (χ1n) is 6.01. The third-order valence-corrected chi connectivity index (χ3v) is 2.75. The summed E-state index contributed by atoms with van der Waals surface area (Å²) in [5, 5.41) is 9.43. The predicted molar refractivity (Wildman–Crippen MR) is 72.8 cm³/mol. The Kier molecular flexibility index (Phi) is 4.07. The van der Waals surface area contributed by atoms with E-state index in [1.165, 1.54) is 5.56 Å². The Morgan fingerprint density at radius 3 is 2.56 bits per heavy atom. The first kappa shape index (κ1) is 12.3. The third kappa shape index (κ3) is 3.17. The number of hydrogen-bond acceptors (Lipinski definition) is 3. The Hall–Kier alpha value is -2.16. The second-order valence-corrected chi connectivity index (χ2v) is 4.13. The number of rotatable bonds is 5. The molecule has 3 nitrogen and oxygen atoms in total. The Bertz CT molecular complexity index is 497. The van der Waals surface area contributed by atoms with E-state index in [1.807, 2.05) is 18.2 Å². The van der Waals surface area contributed by atoms with Crippen LogP contribution < -0.4 is 10.5 Å². The van der Waals surface area contributed by atoms with Gasteiger partial charge in [-0.05, 0) is 30.5 Å². The Morgan fingerprint density at radius 1 is 1.00 bits per heavy atom. The van der Waals surface area contributed by atoms with Crippen LogP contribution in [0.1, 0.15) is 12.0 Å². The lowest BCUT2D eigenvalue weighted by Crippen LogP contribution is -2.01. The van der Waals surface area contributed by atoms with Crippen LogP contribution in [0.15, 0.2) is 48.5 Å². The lowest BCUT2D eigenvalue weighted by Gasteiger charge is -2.09. The summed E-state index contributed by atoms with van der Waals surface area (Å²) in [6, 6.07) is 15.3. The smallest absolute Gasteiger partial charge is 0.145 e. The van der Waals surface area contributed by atoms with Crippen LogP contribution in [0.25, 0.3) is 0 Å². The molecule has 2 rings (SSSR count). The molecule has 2 aromatic carbocycles. The molecule has 0 atom stereocenters. The molecule has 18 heavy (non-hydrogen) atoms. The van der Waals surface area contributed by atoms with Crippen LogP contribution in [0, 0.1) is 0 Å². The molecule has 0 saturated carbocycles. The van der Waals surface area contributed by atoms with Crippen molar-refractivity contribution in [3.8, 4) is 11.5 Å². The summed E-state index contributed by atoms with van der Waals surface area (Å²) in [6.07, 6.45) is 1.89. The number of aromatic hydroxyl groups is 1. The maximum atomic E-state index is 9.43. The van der Waals surface area contributed by atoms with Crippen molar-refractivity contribution in [3.05, 3.63) is 54.1 Å². The van der Waals surface area contributed by atoms with Crippen molar-refractivity contribution in [2.75, 3.05) is 12.3 Å². The highest BCUT2D eigenvalue weighted by molar-refractivity contribution is 5.61. The van der Waals surface area contributed by atoms with E-state index in [0.717, 1.165) is 12.8 Å². The largest absolute Gasteiger partial charge is 0.506 e. The zero-order chi connectivity index (χ0) is 12.8. The van der Waals surface area contributed by atoms with Gasteiger partial charge in [0.25, 0.3) is 0 Å². The summed E-state index contributed by atoms with van der Waals surface area (Å²) >= 11 is 0. The molecule has 0 aliphatic carbocycles. The van der Waals surface area contributed by atoms with E-state index in [-0.39, 0.29) is 5.75 Å². The van der Waals surface area contributed by atoms with Gasteiger partial charge in [-0.2, -0.15) is 0 Å². The SMILES string of the molecule is Nc1c(O)cccc1OCCCc1ccccc1. The third-order valence-electron chi connectivity index (χ3n) is 2.75. The van der Waals surface area contributed by atoms with Crippen LogP contribution in [-0.4, -0.2) is 11.7 Å². The molecule has 2 aromatic rings. The molecule has 0 aromatic heterocycles. The van der Waals surface area contributed by atoms with E-state index in [1.54, 1.807) is 18.2 Å². The van der Waals surface area contributed by atoms with Crippen LogP contribution in [-0.2, 0) is 6.42 Å². The van der Waals surface area contributed by atoms with Gasteiger partial charge in [0, 0.05) is 0 Å². The number of benzene rings is 2. The number of nitrogen functional groups attached to an aromatic ring is 1. The van der Waals surface area contributed by atoms with Crippen LogP contribution >= 0.6 is 0 Å². The molecule has 0 aliphatic rings. The normalized spacial score (nSPS) is 10.2. The number of phenolic OH excluding ortho intramolecular Hbond substituents is 1. The number of nitrogens with two attached hydrogens (primary N) is 1. The first-order valence-corrected chi connectivity index (χ1v) is 6.01. The molecule has 0 aliphatic heterocycles. The van der Waals surface area contributed by atoms with Gasteiger partial charge in [-0.1, -0.05) is 36.4 Å². The van der Waals surface area contributed by atoms with Crippen molar-refractivity contribution in [1.29, 1.82) is 0 Å². The van der Waals surface area contributed by atoms with E-state index < -0.39 is 0 Å². The number of hydrogen-bond donors (Lipinski definition) is 2. The van der Waals surface area contributed by atoms with Crippen molar-refractivity contribution in [2.24, 2.45) is 0 Å². The molecule has 0 bridgehead atoms. The second-order valence-electron chi connectivity index (χ2n) is 4.13. The van der Waals surface area contributed by atoms with E-state index in [4.69, 9.17) is 10.5 Å². The topological polar surface area (TPSA) is 55.5 Å². The van der Waals surface area contributed by atoms with E-state index >= 15 is 0 Å². The molecule has 0 amide bonds. The minimum atomic E-state index is 0.0653. The highest BCUT2D eigenvalue weighted by atomic mass is 16.5. The highest BCUT2D eigenvalue weighted by Crippen LogP contribution is 2.29. The summed E-state index contributed by atoms with van der Waals surface area (Å²) in [7, 11) is 0. The maximum absolute atomic E-state index is 9.43. The molecule has 0 saturated heterocycles. The van der Waals surface area contributed by atoms with Gasteiger partial charge in [0.15, 0.2) is 0 Å². The monoisotopic (exact) mass is 243 g/mol. The van der Waals surface area contributed by atoms with Crippen LogP contribution in [0.4, 0.5) is 5.69 Å². The quantitative estimate of drug-likeness (QED) is 0.482. The number of phenols is 1. The summed E-state index contributed by atoms with van der Waals surface area (Å²) in [5.74, 6) is 0.610. The average molecular weight is 243 g/mol. The van der Waals surface area contributed by atoms with Crippen molar-refractivity contribution in [2.45, 2.75) is 12.8 Å². The first-order chi connectivity index (χ1) is 8.77. The van der Waals surface area contributed by atoms with E-state index in [0.29, 0.717) is 18.0 Å². The fraction of sp³-hybridized carbons (Fsp3) is 0.200. The average Bonchev–Trinajstić information content (AvgIpc) is 2.40. The molecule has 0 heterocycles. The Morgan fingerprint density at radius 2 is 1.78 bits per heavy atom. The zero-order valence-corrected chi connectivity index (χ0v) is 10.2. The summed E-state index contributed by atoms with van der Waals surface area (Å²) in [6.45, 7) is 0.586. The standard InChI is InChI=1S/C15H17NO2/c16-15-13(17)9-4-10-14(15)18-11-5-8-12-6-2-1-3-7-12/h1-4,6-7,9-10,17H,5,8,11,16H2. The summed E-state index contributed by atoms with van der Waals surface area (Å²) in [5.41, 5.74) is 7.30. The maximum Gasteiger partial charge on any atom is 0.145 e. The van der Waals surface area contributed by atoms with Gasteiger partial charge < -0.3 is 15.6 Å². The fourth-order valence-electron chi connectivity index (χ4n) is 1.76. The Labute approximate surface area is 107 Å². The molecule has 0 fully saturated rings. The minimum Gasteiger partial charge on any atom is -0.506 e. The number of para-hydroxylation sites is 1. The van der Waals surface area contributed by atoms with E-state index in [9.17, 15) is 5.11 Å². The lowest BCUT2D eigenvalue weighted by atomic mass is 10.1. The molecular formula is C15H17NO2. The van der Waals surface area contributed by atoms with E-state index in [2.05, 4.69) is 12.1 Å². The van der Waals surface area contributed by atoms with Crippen LogP contribution in [0.5, 0.6) is 11.5 Å². The van der Waals surface area contributed by atoms with Gasteiger partial charge in [0.05, 0.1) is 6.61 Å². The van der Waals surface area contributed by atoms with Gasteiger partial charge >= 0.3 is 0 Å². The van der Waals surface area contributed by atoms with Crippen molar-refractivity contribution in [1.82, 2.24) is 0 Å². The number of anilines is 1. The predicted octanol–water partition coefficient (Wildman–Crippen LogP) is 2.99. The number of ether oxygens (including phenoxy) is 1. The van der Waals surface area contributed by atoms with Crippen molar-refractivity contribution in [3.63, 3.8) is 0 Å². The number of aryl methyl sites for hydroxylation is 1. The van der Waals surface area contributed by atoms with Gasteiger partial charge in [-0.3, -0.25) is 0 Å². The van der Waals surface area contributed by atoms with Crippen LogP contribution in [0.2, 0.25) is 0 Å². The van der Waals surface area contributed by atoms with Gasteiger partial charge in [0.1, 0.15) is 17.2 Å².